The maximum Gasteiger partial charge on any atom is 0.317 e. The SMILES string of the molecule is CCOC(=O)C1CCN(C(=O)NC2CCN(c3ccccn3)CC2)CC1. The predicted molar refractivity (Wildman–Crippen MR) is 98.9 cm³/mol. The number of piperidine rings is 2. The molecule has 0 unspecified atom stereocenters. The Kier molecular flexibility index (Phi) is 6.30. The molecule has 0 aromatic carbocycles. The average molecular weight is 360 g/mol. The molecule has 142 valence electrons. The van der Waals surface area contributed by atoms with Gasteiger partial charge in [0, 0.05) is 38.4 Å². The van der Waals surface area contributed by atoms with Gasteiger partial charge >= 0.3 is 12.0 Å². The summed E-state index contributed by atoms with van der Waals surface area (Å²) in [5.74, 6) is 0.799. The minimum absolute atomic E-state index is 0.0106. The second-order valence-electron chi connectivity index (χ2n) is 6.91. The lowest BCUT2D eigenvalue weighted by Gasteiger charge is -2.36. The van der Waals surface area contributed by atoms with Crippen LogP contribution < -0.4 is 10.2 Å². The standard InChI is InChI=1S/C19H28N4O3/c1-2-26-18(24)15-6-11-23(12-7-15)19(25)21-16-8-13-22(14-9-16)17-5-3-4-10-20-17/h3-5,10,15-16H,2,6-9,11-14H2,1H3,(H,21,25). The molecule has 0 atom stereocenters. The van der Waals surface area contributed by atoms with E-state index in [1.807, 2.05) is 36.2 Å². The van der Waals surface area contributed by atoms with Gasteiger partial charge in [-0.1, -0.05) is 6.07 Å². The van der Waals surface area contributed by atoms with Crippen molar-refractivity contribution in [2.75, 3.05) is 37.7 Å². The number of anilines is 1. The third-order valence-electron chi connectivity index (χ3n) is 5.20. The maximum atomic E-state index is 12.5. The van der Waals surface area contributed by atoms with Gasteiger partial charge in [-0.25, -0.2) is 9.78 Å². The Labute approximate surface area is 154 Å². The predicted octanol–water partition coefficient (Wildman–Crippen LogP) is 2.04. The molecule has 7 heteroatoms. The average Bonchev–Trinajstić information content (AvgIpc) is 2.69. The number of esters is 1. The van der Waals surface area contributed by atoms with Gasteiger partial charge in [0.1, 0.15) is 5.82 Å². The molecule has 3 heterocycles. The molecule has 7 nitrogen and oxygen atoms in total. The summed E-state index contributed by atoms with van der Waals surface area (Å²) < 4.78 is 5.08. The highest BCUT2D eigenvalue weighted by Gasteiger charge is 2.29. The van der Waals surface area contributed by atoms with Crippen molar-refractivity contribution in [2.45, 2.75) is 38.6 Å². The first-order chi connectivity index (χ1) is 12.7. The number of hydrogen-bond donors (Lipinski definition) is 1. The molecule has 0 saturated carbocycles. The van der Waals surface area contributed by atoms with Crippen molar-refractivity contribution in [3.05, 3.63) is 24.4 Å². The molecule has 2 aliphatic heterocycles. The number of amides is 2. The zero-order valence-electron chi connectivity index (χ0n) is 15.4. The molecule has 1 aromatic heterocycles. The first-order valence-corrected chi connectivity index (χ1v) is 9.55. The Hall–Kier alpha value is -2.31. The number of hydrogen-bond acceptors (Lipinski definition) is 5. The van der Waals surface area contributed by atoms with Gasteiger partial charge in [0.15, 0.2) is 0 Å². The van der Waals surface area contributed by atoms with Gasteiger partial charge in [-0.3, -0.25) is 4.79 Å². The van der Waals surface area contributed by atoms with Crippen LogP contribution in [0.1, 0.15) is 32.6 Å². The van der Waals surface area contributed by atoms with Gasteiger partial charge in [-0.15, -0.1) is 0 Å². The molecule has 1 aromatic rings. The molecule has 26 heavy (non-hydrogen) atoms. The van der Waals surface area contributed by atoms with Crippen molar-refractivity contribution in [1.82, 2.24) is 15.2 Å². The summed E-state index contributed by atoms with van der Waals surface area (Å²) in [6.45, 7) is 5.25. The van der Waals surface area contributed by atoms with Crippen molar-refractivity contribution in [1.29, 1.82) is 0 Å². The number of rotatable bonds is 4. The summed E-state index contributed by atoms with van der Waals surface area (Å²) in [5.41, 5.74) is 0. The first-order valence-electron chi connectivity index (χ1n) is 9.55. The van der Waals surface area contributed by atoms with E-state index in [4.69, 9.17) is 4.74 Å². The van der Waals surface area contributed by atoms with Crippen molar-refractivity contribution in [3.8, 4) is 0 Å². The number of likely N-dealkylation sites (tertiary alicyclic amines) is 1. The zero-order valence-corrected chi connectivity index (χ0v) is 15.4. The molecular weight excluding hydrogens is 332 g/mol. The van der Waals surface area contributed by atoms with E-state index in [1.165, 1.54) is 0 Å². The van der Waals surface area contributed by atoms with Gasteiger partial charge in [0.25, 0.3) is 0 Å². The summed E-state index contributed by atoms with van der Waals surface area (Å²) in [6.07, 6.45) is 5.01. The topological polar surface area (TPSA) is 74.8 Å². The van der Waals surface area contributed by atoms with Gasteiger partial charge in [-0.2, -0.15) is 0 Å². The van der Waals surface area contributed by atoms with Crippen molar-refractivity contribution < 1.29 is 14.3 Å². The fourth-order valence-corrected chi connectivity index (χ4v) is 3.64. The Balaban J connectivity index is 1.40. The monoisotopic (exact) mass is 360 g/mol. The summed E-state index contributed by atoms with van der Waals surface area (Å²) in [6, 6.07) is 6.12. The smallest absolute Gasteiger partial charge is 0.317 e. The summed E-state index contributed by atoms with van der Waals surface area (Å²) in [5, 5.41) is 3.15. The van der Waals surface area contributed by atoms with Gasteiger partial charge in [0.2, 0.25) is 0 Å². The first kappa shape index (κ1) is 18.5. The fraction of sp³-hybridized carbons (Fsp3) is 0.632. The minimum Gasteiger partial charge on any atom is -0.466 e. The number of carbonyl (C=O) groups excluding carboxylic acids is 2. The van der Waals surface area contributed by atoms with Crippen molar-refractivity contribution in [3.63, 3.8) is 0 Å². The van der Waals surface area contributed by atoms with Crippen LogP contribution >= 0.6 is 0 Å². The molecule has 2 amide bonds. The quantitative estimate of drug-likeness (QED) is 0.832. The summed E-state index contributed by atoms with van der Waals surface area (Å²) in [7, 11) is 0. The van der Waals surface area contributed by atoms with E-state index in [2.05, 4.69) is 15.2 Å². The van der Waals surface area contributed by atoms with Crippen LogP contribution in [0, 0.1) is 5.92 Å². The van der Waals surface area contributed by atoms with Crippen LogP contribution in [0.4, 0.5) is 10.6 Å². The van der Waals surface area contributed by atoms with E-state index in [0.717, 1.165) is 31.7 Å². The molecule has 0 spiro atoms. The van der Waals surface area contributed by atoms with Crippen LogP contribution in [0.2, 0.25) is 0 Å². The van der Waals surface area contributed by atoms with Gasteiger partial charge in [0.05, 0.1) is 12.5 Å². The lowest BCUT2D eigenvalue weighted by molar-refractivity contribution is -0.149. The second-order valence-corrected chi connectivity index (χ2v) is 6.91. The molecule has 1 N–H and O–H groups in total. The van der Waals surface area contributed by atoms with Crippen LogP contribution in [0.5, 0.6) is 0 Å². The molecule has 3 rings (SSSR count). The highest BCUT2D eigenvalue weighted by Crippen LogP contribution is 2.20. The lowest BCUT2D eigenvalue weighted by atomic mass is 9.97. The minimum atomic E-state index is -0.130. The van der Waals surface area contributed by atoms with Crippen LogP contribution in [0.25, 0.3) is 0 Å². The van der Waals surface area contributed by atoms with E-state index in [0.29, 0.717) is 32.5 Å². The van der Waals surface area contributed by atoms with E-state index in [-0.39, 0.29) is 24.0 Å². The zero-order chi connectivity index (χ0) is 18.4. The number of pyridine rings is 1. The lowest BCUT2D eigenvalue weighted by Crippen LogP contribution is -2.51. The number of nitrogens with one attached hydrogen (secondary N) is 1. The summed E-state index contributed by atoms with van der Waals surface area (Å²) >= 11 is 0. The van der Waals surface area contributed by atoms with E-state index < -0.39 is 0 Å². The van der Waals surface area contributed by atoms with Crippen LogP contribution in [0.3, 0.4) is 0 Å². The molecule has 2 saturated heterocycles. The number of aromatic nitrogens is 1. The van der Waals surface area contributed by atoms with Crippen molar-refractivity contribution in [2.24, 2.45) is 5.92 Å². The third-order valence-corrected chi connectivity index (χ3v) is 5.20. The number of carbonyl (C=O) groups is 2. The third kappa shape index (κ3) is 4.65. The molecule has 0 radical (unpaired) electrons. The van der Waals surface area contributed by atoms with E-state index >= 15 is 0 Å². The molecular formula is C19H28N4O3. The summed E-state index contributed by atoms with van der Waals surface area (Å²) in [4.78, 5) is 32.7. The van der Waals surface area contributed by atoms with Crippen LogP contribution in [0.15, 0.2) is 24.4 Å². The highest BCUT2D eigenvalue weighted by atomic mass is 16.5. The van der Waals surface area contributed by atoms with Crippen LogP contribution in [-0.4, -0.2) is 60.7 Å². The van der Waals surface area contributed by atoms with Gasteiger partial charge < -0.3 is 19.9 Å². The number of nitrogens with zero attached hydrogens (tertiary/aromatic N) is 3. The number of urea groups is 1. The normalized spacial score (nSPS) is 19.3. The van der Waals surface area contributed by atoms with E-state index in [1.54, 1.807) is 0 Å². The molecule has 2 fully saturated rings. The molecule has 2 aliphatic rings. The van der Waals surface area contributed by atoms with Crippen LogP contribution in [-0.2, 0) is 9.53 Å². The maximum absolute atomic E-state index is 12.5. The highest BCUT2D eigenvalue weighted by molar-refractivity contribution is 5.76. The fourth-order valence-electron chi connectivity index (χ4n) is 3.64. The Bertz CT molecular complexity index is 594. The van der Waals surface area contributed by atoms with Gasteiger partial charge in [-0.05, 0) is 44.7 Å². The Morgan fingerprint density at radius 1 is 1.15 bits per heavy atom. The number of ether oxygens (including phenoxy) is 1. The molecule has 0 aliphatic carbocycles. The Morgan fingerprint density at radius 3 is 2.50 bits per heavy atom. The van der Waals surface area contributed by atoms with E-state index in [9.17, 15) is 9.59 Å². The second kappa shape index (κ2) is 8.87. The Morgan fingerprint density at radius 2 is 1.88 bits per heavy atom. The van der Waals surface area contributed by atoms with Crippen molar-refractivity contribution >= 4 is 17.8 Å². The largest absolute Gasteiger partial charge is 0.466 e. The molecule has 0 bridgehead atoms.